The topological polar surface area (TPSA) is 0 Å². The zero-order chi connectivity index (χ0) is 28.5. The molecule has 2 aliphatic carbocycles. The third-order valence-corrected chi connectivity index (χ3v) is 31.7. The van der Waals surface area contributed by atoms with Gasteiger partial charge in [-0.15, -0.1) is 0 Å². The van der Waals surface area contributed by atoms with Gasteiger partial charge in [-0.25, -0.2) is 0 Å². The number of allylic oxidation sites excluding steroid dienone is 4. The first-order chi connectivity index (χ1) is 17.4. The second-order valence-corrected chi connectivity index (χ2v) is 43.9. The van der Waals surface area contributed by atoms with E-state index in [-0.39, 0.29) is 0 Å². The Bertz CT molecular complexity index is 1300. The first kappa shape index (κ1) is 30.4. The van der Waals surface area contributed by atoms with Gasteiger partial charge < -0.3 is 0 Å². The normalized spacial score (nSPS) is 19.3. The van der Waals surface area contributed by atoms with E-state index in [9.17, 15) is 0 Å². The Balaban J connectivity index is 1.98. The van der Waals surface area contributed by atoms with Gasteiger partial charge >= 0.3 is 246 Å². The number of aryl methyl sites for hydroxylation is 2. The Labute approximate surface area is 244 Å². The van der Waals surface area contributed by atoms with Gasteiger partial charge in [-0.2, -0.15) is 0 Å². The SMILES string of the molecule is CC1=C(C)[CH]([Zr]([CH]2C(C)=C(C)c3c(C[Si](C)(C)C)ccc(C)c32)=[Si](C)C)c2c(C)ccc(C[Si](C)(C)C)c21. The Morgan fingerprint density at radius 3 is 1.24 bits per heavy atom. The Morgan fingerprint density at radius 1 is 0.605 bits per heavy atom. The van der Waals surface area contributed by atoms with Crippen LogP contribution in [-0.4, -0.2) is 21.6 Å². The molecule has 0 amide bonds. The molecular formula is C34H52Si3Zr. The second-order valence-electron chi connectivity index (χ2n) is 15.1. The van der Waals surface area contributed by atoms with Crippen LogP contribution >= 0.6 is 0 Å². The molecule has 2 aromatic rings. The van der Waals surface area contributed by atoms with E-state index in [0.717, 1.165) is 7.25 Å². The maximum atomic E-state index is 2.68. The van der Waals surface area contributed by atoms with Gasteiger partial charge in [0, 0.05) is 0 Å². The summed E-state index contributed by atoms with van der Waals surface area (Å²) in [6.45, 7) is 35.4. The summed E-state index contributed by atoms with van der Waals surface area (Å²) in [7, 11) is -2.42. The molecule has 0 radical (unpaired) electrons. The minimum atomic E-state index is -2.08. The van der Waals surface area contributed by atoms with Gasteiger partial charge in [0.1, 0.15) is 0 Å². The molecule has 0 heterocycles. The molecule has 0 N–H and O–H groups in total. The van der Waals surface area contributed by atoms with Crippen LogP contribution in [0.4, 0.5) is 0 Å². The van der Waals surface area contributed by atoms with Crippen molar-refractivity contribution < 1.29 is 20.4 Å². The van der Waals surface area contributed by atoms with E-state index >= 15 is 0 Å². The van der Waals surface area contributed by atoms with Gasteiger partial charge in [-0.1, -0.05) is 0 Å². The summed E-state index contributed by atoms with van der Waals surface area (Å²) in [5.41, 5.74) is 19.6. The first-order valence-electron chi connectivity index (χ1n) is 14.7. The molecule has 4 heteroatoms. The molecule has 0 saturated heterocycles. The zero-order valence-electron chi connectivity index (χ0n) is 26.9. The predicted octanol–water partition coefficient (Wildman–Crippen LogP) is 10.4. The third kappa shape index (κ3) is 5.50. The molecule has 2 aromatic carbocycles. The average molecular weight is 636 g/mol. The first-order valence-corrected chi connectivity index (χ1v) is 31.2. The Kier molecular flexibility index (Phi) is 8.56. The van der Waals surface area contributed by atoms with Gasteiger partial charge in [0.05, 0.1) is 0 Å². The molecule has 0 nitrogen and oxygen atoms in total. The zero-order valence-corrected chi connectivity index (χ0v) is 32.3. The molecule has 204 valence electrons. The van der Waals surface area contributed by atoms with Crippen molar-refractivity contribution in [2.24, 2.45) is 0 Å². The van der Waals surface area contributed by atoms with Crippen molar-refractivity contribution in [3.63, 3.8) is 0 Å². The standard InChI is InChI=1S/2C16H23Si.C2H6Si.Zr/c2*1-11-7-8-14(10-17(4,5)6)16-13(3)12(2)9-15(11)16;1-3-2;/h2*7-9H,10H2,1-6H3;1-2H3;. The predicted molar refractivity (Wildman–Crippen MR) is 176 cm³/mol. The van der Waals surface area contributed by atoms with Gasteiger partial charge in [0.25, 0.3) is 0 Å². The van der Waals surface area contributed by atoms with Crippen LogP contribution in [0.2, 0.25) is 52.4 Å². The summed E-state index contributed by atoms with van der Waals surface area (Å²) in [4.78, 5) is 0. The van der Waals surface area contributed by atoms with Crippen LogP contribution in [0, 0.1) is 13.8 Å². The quantitative estimate of drug-likeness (QED) is 0.277. The van der Waals surface area contributed by atoms with Crippen molar-refractivity contribution in [2.75, 3.05) is 0 Å². The van der Waals surface area contributed by atoms with Crippen LogP contribution in [0.25, 0.3) is 11.1 Å². The van der Waals surface area contributed by atoms with Gasteiger partial charge in [0.2, 0.25) is 0 Å². The number of fused-ring (bicyclic) bond motifs is 2. The van der Waals surface area contributed by atoms with Crippen molar-refractivity contribution in [1.29, 1.82) is 0 Å². The van der Waals surface area contributed by atoms with Crippen LogP contribution in [0.3, 0.4) is 0 Å². The van der Waals surface area contributed by atoms with Crippen molar-refractivity contribution in [1.82, 2.24) is 0 Å². The van der Waals surface area contributed by atoms with E-state index in [4.69, 9.17) is 0 Å². The van der Waals surface area contributed by atoms with E-state index in [1.165, 1.54) is 12.1 Å². The number of hydrogen-bond acceptors (Lipinski definition) is 0. The fourth-order valence-electron chi connectivity index (χ4n) is 7.39. The number of rotatable bonds is 6. The molecule has 0 fully saturated rings. The van der Waals surface area contributed by atoms with Crippen LogP contribution < -0.4 is 0 Å². The van der Waals surface area contributed by atoms with Crippen molar-refractivity contribution >= 4 is 32.7 Å². The minimum absolute atomic E-state index is 0.415. The van der Waals surface area contributed by atoms with Gasteiger partial charge in [0.15, 0.2) is 0 Å². The fourth-order valence-corrected chi connectivity index (χ4v) is 31.7. The van der Waals surface area contributed by atoms with Crippen LogP contribution in [0.15, 0.2) is 35.4 Å². The summed E-state index contributed by atoms with van der Waals surface area (Å²) in [5.74, 6) is 0. The monoisotopic (exact) mass is 634 g/mol. The molecule has 2 aliphatic rings. The summed E-state index contributed by atoms with van der Waals surface area (Å²) in [5, 5.41) is 0. The summed E-state index contributed by atoms with van der Waals surface area (Å²) >= 11 is -2.08. The molecule has 2 unspecified atom stereocenters. The Morgan fingerprint density at radius 2 is 0.947 bits per heavy atom. The van der Waals surface area contributed by atoms with Crippen LogP contribution in [0.1, 0.15) is 79.5 Å². The molecule has 0 bridgehead atoms. The maximum absolute atomic E-state index is 2.68. The van der Waals surface area contributed by atoms with E-state index in [0.29, 0.717) is 0 Å². The van der Waals surface area contributed by atoms with Crippen molar-refractivity contribution in [3.8, 4) is 0 Å². The van der Waals surface area contributed by atoms with Gasteiger partial charge in [-0.3, -0.25) is 0 Å². The van der Waals surface area contributed by atoms with Gasteiger partial charge in [-0.05, 0) is 0 Å². The van der Waals surface area contributed by atoms with Crippen molar-refractivity contribution in [3.05, 3.63) is 79.9 Å². The van der Waals surface area contributed by atoms with Crippen LogP contribution in [-0.2, 0) is 32.5 Å². The van der Waals surface area contributed by atoms with E-state index in [1.807, 2.05) is 0 Å². The Hall–Kier alpha value is -0.546. The molecule has 38 heavy (non-hydrogen) atoms. The van der Waals surface area contributed by atoms with Crippen LogP contribution in [0.5, 0.6) is 0 Å². The van der Waals surface area contributed by atoms with Crippen molar-refractivity contribution in [2.45, 2.75) is 113 Å². The average Bonchev–Trinajstić information content (AvgIpc) is 3.19. The molecule has 2 atom stereocenters. The molecular weight excluding hydrogens is 584 g/mol. The van der Waals surface area contributed by atoms with E-state index < -0.39 is 41.9 Å². The second kappa shape index (κ2) is 10.7. The molecule has 0 spiro atoms. The summed E-state index contributed by atoms with van der Waals surface area (Å²) in [6.07, 6.45) is 0. The van der Waals surface area contributed by atoms with E-state index in [1.54, 1.807) is 66.8 Å². The fraction of sp³-hybridized carbons (Fsp3) is 0.529. The summed E-state index contributed by atoms with van der Waals surface area (Å²) in [6, 6.07) is 12.5. The summed E-state index contributed by atoms with van der Waals surface area (Å²) < 4.78 is 1.47. The third-order valence-electron chi connectivity index (χ3n) is 9.12. The van der Waals surface area contributed by atoms with E-state index in [2.05, 4.69) is 118 Å². The molecule has 0 aromatic heterocycles. The number of benzene rings is 2. The molecule has 0 saturated carbocycles. The molecule has 4 rings (SSSR count). The molecule has 0 aliphatic heterocycles. The number of hydrogen-bond donors (Lipinski definition) is 0.